The number of nitrogens with one attached hydrogen (secondary N) is 5. The molecule has 2 aromatic rings. The van der Waals surface area contributed by atoms with Crippen molar-refractivity contribution in [2.45, 2.75) is 46.1 Å². The van der Waals surface area contributed by atoms with Gasteiger partial charge in [-0.25, -0.2) is 9.78 Å². The van der Waals surface area contributed by atoms with Crippen molar-refractivity contribution < 1.29 is 14.3 Å². The van der Waals surface area contributed by atoms with E-state index in [9.17, 15) is 9.59 Å². The number of nitrogens with zero attached hydrogens (tertiary/aromatic N) is 3. The quantitative estimate of drug-likeness (QED) is 0.170. The van der Waals surface area contributed by atoms with Gasteiger partial charge in [-0.05, 0) is 52.3 Å². The normalized spacial score (nSPS) is 10.5. The van der Waals surface area contributed by atoms with Gasteiger partial charge in [-0.2, -0.15) is 4.98 Å². The molecule has 0 unspecified atom stereocenters. The van der Waals surface area contributed by atoms with Crippen LogP contribution < -0.4 is 21.3 Å². The number of rotatable bonds is 11. The van der Waals surface area contributed by atoms with Gasteiger partial charge in [0.25, 0.3) is 0 Å². The Hall–Kier alpha value is -4.33. The average Bonchev–Trinajstić information content (AvgIpc) is 2.86. The fourth-order valence-electron chi connectivity index (χ4n) is 3.19. The molecule has 0 aliphatic rings. The van der Waals surface area contributed by atoms with Gasteiger partial charge in [0.2, 0.25) is 11.9 Å². The van der Waals surface area contributed by atoms with Gasteiger partial charge in [-0.1, -0.05) is 11.8 Å². The van der Waals surface area contributed by atoms with Gasteiger partial charge in [-0.3, -0.25) is 4.79 Å². The first-order valence-corrected chi connectivity index (χ1v) is 12.5. The summed E-state index contributed by atoms with van der Waals surface area (Å²) in [6, 6.07) is 5.61. The standard InChI is InChI=1S/C27H38N8O3/c1-7-30-24-19(17-32-25(34-24)33-21-12-13-22(29-5)20(15-21)16-28)11-9-8-10-14-31-23(36)18-35(6)26(37)38-27(2,3)4/h12-13,15-17,28-29H,7-8,10,14,18H2,1-6H3,(H,31,36)(H2,30,32,33,34). The third-order valence-electron chi connectivity index (χ3n) is 4.98. The molecule has 2 amide bonds. The molecule has 0 aliphatic heterocycles. The third-order valence-corrected chi connectivity index (χ3v) is 4.98. The highest BCUT2D eigenvalue weighted by atomic mass is 16.6. The summed E-state index contributed by atoms with van der Waals surface area (Å²) in [5.41, 5.74) is 2.43. The Morgan fingerprint density at radius 1 is 1.26 bits per heavy atom. The number of carbonyl (C=O) groups excluding carboxylic acids is 2. The number of likely N-dealkylation sites (N-methyl/N-ethyl adjacent to an activating group) is 1. The Bertz CT molecular complexity index is 1180. The summed E-state index contributed by atoms with van der Waals surface area (Å²) in [5, 5.41) is 19.8. The molecule has 0 fully saturated rings. The average molecular weight is 523 g/mol. The first-order chi connectivity index (χ1) is 18.1. The van der Waals surface area contributed by atoms with E-state index in [1.54, 1.807) is 27.0 Å². The van der Waals surface area contributed by atoms with Crippen LogP contribution in [0.3, 0.4) is 0 Å². The molecule has 0 bridgehead atoms. The van der Waals surface area contributed by atoms with Gasteiger partial charge in [0, 0.05) is 56.8 Å². The minimum absolute atomic E-state index is 0.0767. The number of unbranched alkanes of at least 4 members (excludes halogenated alkanes) is 1. The van der Waals surface area contributed by atoms with Crippen LogP contribution in [0.2, 0.25) is 0 Å². The van der Waals surface area contributed by atoms with Gasteiger partial charge in [0.1, 0.15) is 18.0 Å². The molecule has 0 spiro atoms. The second-order valence-corrected chi connectivity index (χ2v) is 9.40. The lowest BCUT2D eigenvalue weighted by atomic mass is 10.1. The smallest absolute Gasteiger partial charge is 0.410 e. The number of carbonyl (C=O) groups is 2. The SMILES string of the molecule is CCNc1nc(Nc2ccc(NC)c(C=N)c2)ncc1C#CCCCNC(=O)CN(C)C(=O)OC(C)(C)C. The molecular formula is C27H38N8O3. The summed E-state index contributed by atoms with van der Waals surface area (Å²) in [4.78, 5) is 34.2. The topological polar surface area (TPSA) is 144 Å². The molecule has 38 heavy (non-hydrogen) atoms. The zero-order valence-corrected chi connectivity index (χ0v) is 23.0. The van der Waals surface area contributed by atoms with Crippen molar-refractivity contribution in [1.29, 1.82) is 5.41 Å². The van der Waals surface area contributed by atoms with E-state index in [-0.39, 0.29) is 12.5 Å². The van der Waals surface area contributed by atoms with E-state index < -0.39 is 11.7 Å². The van der Waals surface area contributed by atoms with Crippen LogP contribution in [0.5, 0.6) is 0 Å². The van der Waals surface area contributed by atoms with Crippen molar-refractivity contribution in [1.82, 2.24) is 20.2 Å². The lowest BCUT2D eigenvalue weighted by molar-refractivity contribution is -0.122. The van der Waals surface area contributed by atoms with E-state index in [0.29, 0.717) is 43.3 Å². The maximum absolute atomic E-state index is 12.1. The maximum atomic E-state index is 12.1. The number of hydrogen-bond acceptors (Lipinski definition) is 9. The molecule has 1 aromatic carbocycles. The predicted octanol–water partition coefficient (Wildman–Crippen LogP) is 3.81. The molecule has 5 N–H and O–H groups in total. The molecule has 204 valence electrons. The van der Waals surface area contributed by atoms with E-state index in [1.165, 1.54) is 18.2 Å². The molecule has 0 saturated carbocycles. The maximum Gasteiger partial charge on any atom is 0.410 e. The zero-order valence-electron chi connectivity index (χ0n) is 23.0. The molecular weight excluding hydrogens is 484 g/mol. The summed E-state index contributed by atoms with van der Waals surface area (Å²) in [5.74, 6) is 6.97. The molecule has 11 heteroatoms. The fourth-order valence-corrected chi connectivity index (χ4v) is 3.19. The van der Waals surface area contributed by atoms with Crippen LogP contribution >= 0.6 is 0 Å². The Balaban J connectivity index is 1.89. The van der Waals surface area contributed by atoms with Gasteiger partial charge < -0.3 is 36.3 Å². The Morgan fingerprint density at radius 3 is 2.68 bits per heavy atom. The van der Waals surface area contributed by atoms with Crippen molar-refractivity contribution >= 4 is 41.4 Å². The summed E-state index contributed by atoms with van der Waals surface area (Å²) in [6.45, 7) is 8.34. The first kappa shape index (κ1) is 29.9. The highest BCUT2D eigenvalue weighted by molar-refractivity contribution is 5.88. The van der Waals surface area contributed by atoms with Crippen molar-refractivity contribution in [3.63, 3.8) is 0 Å². The van der Waals surface area contributed by atoms with Crippen LogP contribution in [0.15, 0.2) is 24.4 Å². The van der Waals surface area contributed by atoms with Crippen LogP contribution in [0.1, 0.15) is 51.7 Å². The Morgan fingerprint density at radius 2 is 2.03 bits per heavy atom. The predicted molar refractivity (Wildman–Crippen MR) is 151 cm³/mol. The van der Waals surface area contributed by atoms with Crippen LogP contribution in [0.25, 0.3) is 0 Å². The van der Waals surface area contributed by atoms with Crippen LogP contribution in [0.4, 0.5) is 27.9 Å². The second kappa shape index (κ2) is 14.4. The third kappa shape index (κ3) is 9.97. The largest absolute Gasteiger partial charge is 0.444 e. The van der Waals surface area contributed by atoms with Crippen LogP contribution in [-0.4, -0.2) is 72.4 Å². The van der Waals surface area contributed by atoms with Crippen LogP contribution in [0, 0.1) is 17.3 Å². The zero-order chi connectivity index (χ0) is 28.1. The van der Waals surface area contributed by atoms with Crippen molar-refractivity contribution in [2.75, 3.05) is 49.7 Å². The van der Waals surface area contributed by atoms with E-state index in [4.69, 9.17) is 10.1 Å². The monoisotopic (exact) mass is 522 g/mol. The Kier molecular flexibility index (Phi) is 11.3. The number of anilines is 4. The Labute approximate surface area is 224 Å². The van der Waals surface area contributed by atoms with Gasteiger partial charge in [-0.15, -0.1) is 0 Å². The summed E-state index contributed by atoms with van der Waals surface area (Å²) in [7, 11) is 3.34. The molecule has 0 radical (unpaired) electrons. The van der Waals surface area contributed by atoms with Crippen molar-refractivity contribution in [3.05, 3.63) is 35.5 Å². The minimum atomic E-state index is -0.612. The van der Waals surface area contributed by atoms with Crippen molar-refractivity contribution in [3.8, 4) is 11.8 Å². The van der Waals surface area contributed by atoms with Gasteiger partial charge >= 0.3 is 6.09 Å². The van der Waals surface area contributed by atoms with Crippen LogP contribution in [-0.2, 0) is 9.53 Å². The molecule has 0 aliphatic carbocycles. The fraction of sp³-hybridized carbons (Fsp3) is 0.444. The molecule has 11 nitrogen and oxygen atoms in total. The molecule has 0 saturated heterocycles. The van der Waals surface area contributed by atoms with E-state index in [1.807, 2.05) is 32.2 Å². The summed E-state index contributed by atoms with van der Waals surface area (Å²) < 4.78 is 5.24. The highest BCUT2D eigenvalue weighted by Crippen LogP contribution is 2.22. The van der Waals surface area contributed by atoms with E-state index >= 15 is 0 Å². The number of benzene rings is 1. The number of aromatic nitrogens is 2. The van der Waals surface area contributed by atoms with Crippen molar-refractivity contribution in [2.24, 2.45) is 0 Å². The number of amides is 2. The second-order valence-electron chi connectivity index (χ2n) is 9.40. The highest BCUT2D eigenvalue weighted by Gasteiger charge is 2.20. The summed E-state index contributed by atoms with van der Waals surface area (Å²) >= 11 is 0. The summed E-state index contributed by atoms with van der Waals surface area (Å²) in [6.07, 6.45) is 3.63. The lowest BCUT2D eigenvalue weighted by Gasteiger charge is -2.24. The number of hydrogen-bond donors (Lipinski definition) is 5. The van der Waals surface area contributed by atoms with E-state index in [2.05, 4.69) is 43.1 Å². The molecule has 0 atom stereocenters. The minimum Gasteiger partial charge on any atom is -0.444 e. The van der Waals surface area contributed by atoms with E-state index in [0.717, 1.165) is 16.9 Å². The van der Waals surface area contributed by atoms with Gasteiger partial charge in [0.05, 0.1) is 11.8 Å². The first-order valence-electron chi connectivity index (χ1n) is 12.5. The molecule has 1 heterocycles. The number of ether oxygens (including phenoxy) is 1. The molecule has 1 aromatic heterocycles. The molecule has 2 rings (SSSR count). The van der Waals surface area contributed by atoms with Gasteiger partial charge in [0.15, 0.2) is 0 Å². The lowest BCUT2D eigenvalue weighted by Crippen LogP contribution is -2.41.